The molecule has 25 heavy (non-hydrogen) atoms. The quantitative estimate of drug-likeness (QED) is 0.635. The molecule has 0 bridgehead atoms. The van der Waals surface area contributed by atoms with Gasteiger partial charge in [0.05, 0.1) is 12.8 Å². The maximum atomic E-state index is 12.3. The molecule has 128 valence electrons. The minimum atomic E-state index is -0.623. The molecule has 0 saturated carbocycles. The Labute approximate surface area is 147 Å². The Morgan fingerprint density at radius 3 is 2.84 bits per heavy atom. The summed E-state index contributed by atoms with van der Waals surface area (Å²) >= 11 is 1.48. The molecule has 2 heterocycles. The summed E-state index contributed by atoms with van der Waals surface area (Å²) in [6, 6.07) is 8.09. The van der Waals surface area contributed by atoms with E-state index in [1.807, 2.05) is 16.8 Å². The fourth-order valence-corrected chi connectivity index (χ4v) is 2.94. The summed E-state index contributed by atoms with van der Waals surface area (Å²) in [5.41, 5.74) is 1.43. The van der Waals surface area contributed by atoms with E-state index in [4.69, 9.17) is 4.74 Å². The number of ether oxygens (including phenoxy) is 1. The van der Waals surface area contributed by atoms with Crippen LogP contribution in [-0.2, 0) is 9.59 Å². The van der Waals surface area contributed by atoms with Gasteiger partial charge < -0.3 is 15.4 Å². The maximum absolute atomic E-state index is 12.3. The molecule has 2 N–H and O–H groups in total. The van der Waals surface area contributed by atoms with E-state index >= 15 is 0 Å². The lowest BCUT2D eigenvalue weighted by atomic mass is 10.2. The van der Waals surface area contributed by atoms with Gasteiger partial charge in [-0.3, -0.25) is 9.59 Å². The molecule has 0 radical (unpaired) electrons. The molecule has 1 aromatic carbocycles. The summed E-state index contributed by atoms with van der Waals surface area (Å²) in [6.45, 7) is -0.385. The van der Waals surface area contributed by atoms with Crippen LogP contribution in [0, 0.1) is 0 Å². The number of hydrogen-bond acceptors (Lipinski definition) is 5. The summed E-state index contributed by atoms with van der Waals surface area (Å²) in [5.74, 6) is -0.540. The summed E-state index contributed by atoms with van der Waals surface area (Å²) in [7, 11) is 1.49. The van der Waals surface area contributed by atoms with Crippen molar-refractivity contribution in [2.45, 2.75) is 0 Å². The highest BCUT2D eigenvalue weighted by molar-refractivity contribution is 7.08. The van der Waals surface area contributed by atoms with Crippen molar-refractivity contribution in [3.05, 3.63) is 52.4 Å². The van der Waals surface area contributed by atoms with Crippen molar-refractivity contribution in [1.29, 1.82) is 0 Å². The Morgan fingerprint density at radius 2 is 2.12 bits per heavy atom. The molecule has 0 atom stereocenters. The van der Waals surface area contributed by atoms with Crippen molar-refractivity contribution >= 4 is 40.9 Å². The number of imide groups is 1. The van der Waals surface area contributed by atoms with Gasteiger partial charge in [-0.1, -0.05) is 12.1 Å². The van der Waals surface area contributed by atoms with Crippen LogP contribution in [0.5, 0.6) is 5.75 Å². The van der Waals surface area contributed by atoms with E-state index in [0.717, 1.165) is 10.5 Å². The van der Waals surface area contributed by atoms with Gasteiger partial charge in [-0.05, 0) is 40.6 Å². The third-order valence-corrected chi connectivity index (χ3v) is 4.20. The smallest absolute Gasteiger partial charge is 0.329 e. The predicted octanol–water partition coefficient (Wildman–Crippen LogP) is 2.29. The van der Waals surface area contributed by atoms with Crippen LogP contribution < -0.4 is 15.4 Å². The number of nitrogens with one attached hydrogen (secondary N) is 2. The van der Waals surface area contributed by atoms with Gasteiger partial charge in [-0.15, -0.1) is 0 Å². The van der Waals surface area contributed by atoms with Gasteiger partial charge in [0.15, 0.2) is 0 Å². The summed E-state index contributed by atoms with van der Waals surface area (Å²) in [5, 5.41) is 8.83. The third-order valence-electron chi connectivity index (χ3n) is 3.50. The Kier molecular flexibility index (Phi) is 4.80. The van der Waals surface area contributed by atoms with Crippen molar-refractivity contribution in [3.8, 4) is 5.75 Å². The average Bonchev–Trinajstić information content (AvgIpc) is 3.20. The third kappa shape index (κ3) is 3.69. The molecule has 1 aliphatic rings. The Bertz CT molecular complexity index is 845. The van der Waals surface area contributed by atoms with Crippen LogP contribution in [0.25, 0.3) is 6.08 Å². The highest BCUT2D eigenvalue weighted by Gasteiger charge is 2.35. The zero-order valence-corrected chi connectivity index (χ0v) is 14.1. The van der Waals surface area contributed by atoms with E-state index in [-0.39, 0.29) is 12.2 Å². The van der Waals surface area contributed by atoms with E-state index < -0.39 is 17.8 Å². The fraction of sp³-hybridized carbons (Fsp3) is 0.118. The first-order valence-electron chi connectivity index (χ1n) is 7.38. The second-order valence-electron chi connectivity index (χ2n) is 5.18. The zero-order valence-electron chi connectivity index (χ0n) is 13.3. The van der Waals surface area contributed by atoms with Crippen LogP contribution in [0.3, 0.4) is 0 Å². The van der Waals surface area contributed by atoms with Crippen LogP contribution in [0.2, 0.25) is 0 Å². The number of para-hydroxylation sites is 2. The number of methoxy groups -OCH3 is 1. The molecule has 2 aromatic rings. The van der Waals surface area contributed by atoms with Gasteiger partial charge in [0.2, 0.25) is 5.91 Å². The number of benzene rings is 1. The van der Waals surface area contributed by atoms with Gasteiger partial charge in [0, 0.05) is 0 Å². The molecule has 1 aliphatic heterocycles. The number of carbonyl (C=O) groups is 3. The first kappa shape index (κ1) is 16.7. The maximum Gasteiger partial charge on any atom is 0.329 e. The second kappa shape index (κ2) is 7.18. The largest absolute Gasteiger partial charge is 0.495 e. The van der Waals surface area contributed by atoms with Crippen molar-refractivity contribution < 1.29 is 19.1 Å². The topological polar surface area (TPSA) is 87.7 Å². The lowest BCUT2D eigenvalue weighted by Gasteiger charge is -2.13. The average molecular weight is 357 g/mol. The summed E-state index contributed by atoms with van der Waals surface area (Å²) in [6.07, 6.45) is 1.58. The molecule has 0 unspecified atom stereocenters. The van der Waals surface area contributed by atoms with Gasteiger partial charge in [-0.2, -0.15) is 11.3 Å². The number of thiophene rings is 1. The molecule has 0 spiro atoms. The first-order valence-corrected chi connectivity index (χ1v) is 8.32. The van der Waals surface area contributed by atoms with Crippen LogP contribution >= 0.6 is 11.3 Å². The number of rotatable bonds is 5. The molecule has 8 heteroatoms. The van der Waals surface area contributed by atoms with E-state index in [1.54, 1.807) is 30.3 Å². The van der Waals surface area contributed by atoms with Gasteiger partial charge in [0.25, 0.3) is 5.91 Å². The van der Waals surface area contributed by atoms with Crippen LogP contribution in [0.1, 0.15) is 5.56 Å². The number of carbonyl (C=O) groups excluding carboxylic acids is 3. The standard InChI is InChI=1S/C17H15N3O4S/c1-24-14-5-3-2-4-12(14)18-15(21)9-20-16(22)13(19-17(20)23)8-11-6-7-25-10-11/h2-8,10H,9H2,1H3,(H,18,21)(H,19,23)/b13-8+. The fourth-order valence-electron chi connectivity index (χ4n) is 2.32. The Morgan fingerprint density at radius 1 is 1.32 bits per heavy atom. The summed E-state index contributed by atoms with van der Waals surface area (Å²) in [4.78, 5) is 37.4. The van der Waals surface area contributed by atoms with Crippen LogP contribution in [0.4, 0.5) is 10.5 Å². The lowest BCUT2D eigenvalue weighted by molar-refractivity contribution is -0.127. The molecule has 1 fully saturated rings. The number of nitrogens with zero attached hydrogens (tertiary/aromatic N) is 1. The number of amides is 4. The molecule has 1 saturated heterocycles. The normalized spacial score (nSPS) is 15.4. The van der Waals surface area contributed by atoms with Crippen LogP contribution in [-0.4, -0.2) is 36.4 Å². The van der Waals surface area contributed by atoms with E-state index in [0.29, 0.717) is 11.4 Å². The van der Waals surface area contributed by atoms with E-state index in [9.17, 15) is 14.4 Å². The summed E-state index contributed by atoms with van der Waals surface area (Å²) < 4.78 is 5.15. The number of anilines is 1. The molecule has 1 aromatic heterocycles. The molecule has 7 nitrogen and oxygen atoms in total. The van der Waals surface area contributed by atoms with Crippen molar-refractivity contribution in [2.75, 3.05) is 19.0 Å². The van der Waals surface area contributed by atoms with Crippen molar-refractivity contribution in [1.82, 2.24) is 10.2 Å². The molecular formula is C17H15N3O4S. The SMILES string of the molecule is COc1ccccc1NC(=O)CN1C(=O)N/C(=C/c2ccsc2)C1=O. The van der Waals surface area contributed by atoms with E-state index in [1.165, 1.54) is 18.4 Å². The molecule has 3 rings (SSSR count). The number of urea groups is 1. The van der Waals surface area contributed by atoms with Gasteiger partial charge >= 0.3 is 6.03 Å². The highest BCUT2D eigenvalue weighted by Crippen LogP contribution is 2.23. The lowest BCUT2D eigenvalue weighted by Crippen LogP contribution is -2.38. The van der Waals surface area contributed by atoms with Crippen molar-refractivity contribution in [2.24, 2.45) is 0 Å². The first-order chi connectivity index (χ1) is 12.1. The minimum absolute atomic E-state index is 0.147. The molecule has 4 amide bonds. The van der Waals surface area contributed by atoms with Crippen molar-refractivity contribution in [3.63, 3.8) is 0 Å². The highest BCUT2D eigenvalue weighted by atomic mass is 32.1. The molecular weight excluding hydrogens is 342 g/mol. The zero-order chi connectivity index (χ0) is 17.8. The second-order valence-corrected chi connectivity index (χ2v) is 5.96. The predicted molar refractivity (Wildman–Crippen MR) is 94.2 cm³/mol. The van der Waals surface area contributed by atoms with Crippen LogP contribution in [0.15, 0.2) is 46.8 Å². The van der Waals surface area contributed by atoms with Gasteiger partial charge in [0.1, 0.15) is 18.0 Å². The van der Waals surface area contributed by atoms with Gasteiger partial charge in [-0.25, -0.2) is 9.69 Å². The minimum Gasteiger partial charge on any atom is -0.495 e. The van der Waals surface area contributed by atoms with E-state index in [2.05, 4.69) is 10.6 Å². The number of hydrogen-bond donors (Lipinski definition) is 2. The Hall–Kier alpha value is -3.13. The monoisotopic (exact) mass is 357 g/mol. The molecule has 0 aliphatic carbocycles. The Balaban J connectivity index is 1.69.